The van der Waals surface area contributed by atoms with E-state index in [4.69, 9.17) is 4.42 Å². The van der Waals surface area contributed by atoms with E-state index in [1.54, 1.807) is 0 Å². The molecule has 11 aromatic rings. The van der Waals surface area contributed by atoms with Gasteiger partial charge in [-0.3, -0.25) is 0 Å². The first-order chi connectivity index (χ1) is 29.3. The number of benzene rings is 10. The minimum absolute atomic E-state index is 0.259. The zero-order valence-corrected chi connectivity index (χ0v) is 34.1. The average molecular weight is 771 g/mol. The second-order valence-electron chi connectivity index (χ2n) is 17.1. The van der Waals surface area contributed by atoms with Crippen molar-refractivity contribution in [2.75, 3.05) is 9.80 Å². The summed E-state index contributed by atoms with van der Waals surface area (Å²) in [5, 5.41) is 9.89. The zero-order valence-electron chi connectivity index (χ0n) is 34.1. The third kappa shape index (κ3) is 4.96. The topological polar surface area (TPSA) is 19.6 Å². The number of rotatable bonds is 6. The smallest absolute Gasteiger partial charge is 0.143 e. The second kappa shape index (κ2) is 12.8. The highest BCUT2D eigenvalue weighted by Gasteiger charge is 2.40. The Balaban J connectivity index is 1.09. The van der Waals surface area contributed by atoms with Crippen LogP contribution in [-0.2, 0) is 5.41 Å². The van der Waals surface area contributed by atoms with Crippen LogP contribution in [0.2, 0.25) is 0 Å². The van der Waals surface area contributed by atoms with E-state index in [1.807, 2.05) is 0 Å². The summed E-state index contributed by atoms with van der Waals surface area (Å²) < 4.78 is 7.10. The lowest BCUT2D eigenvalue weighted by molar-refractivity contribution is 0.666. The third-order valence-electron chi connectivity index (χ3n) is 13.0. The lowest BCUT2D eigenvalue weighted by Crippen LogP contribution is -2.17. The van der Waals surface area contributed by atoms with Crippen molar-refractivity contribution < 1.29 is 4.42 Å². The average Bonchev–Trinajstić information content (AvgIpc) is 3.77. The van der Waals surface area contributed by atoms with Crippen LogP contribution in [0.15, 0.2) is 186 Å². The monoisotopic (exact) mass is 770 g/mol. The molecule has 0 aliphatic heterocycles. The Bertz CT molecular complexity index is 3410. The van der Waals surface area contributed by atoms with E-state index in [-0.39, 0.29) is 5.41 Å². The van der Waals surface area contributed by atoms with Crippen molar-refractivity contribution in [3.05, 3.63) is 204 Å². The molecule has 12 rings (SSSR count). The van der Waals surface area contributed by atoms with Gasteiger partial charge in [-0.2, -0.15) is 0 Å². The summed E-state index contributed by atoms with van der Waals surface area (Å²) in [5.41, 5.74) is 16.2. The van der Waals surface area contributed by atoms with Gasteiger partial charge in [-0.05, 0) is 142 Å². The Kier molecular flexibility index (Phi) is 7.40. The summed E-state index contributed by atoms with van der Waals surface area (Å²) in [4.78, 5) is 4.71. The molecule has 1 aliphatic carbocycles. The van der Waals surface area contributed by atoms with Gasteiger partial charge in [0.1, 0.15) is 11.2 Å². The van der Waals surface area contributed by atoms with E-state index in [0.717, 1.165) is 56.1 Å². The van der Waals surface area contributed by atoms with Gasteiger partial charge < -0.3 is 14.2 Å². The molecule has 3 nitrogen and oxygen atoms in total. The van der Waals surface area contributed by atoms with Gasteiger partial charge in [0.25, 0.3) is 0 Å². The van der Waals surface area contributed by atoms with E-state index in [1.165, 1.54) is 65.7 Å². The maximum Gasteiger partial charge on any atom is 0.143 e. The maximum atomic E-state index is 7.10. The minimum atomic E-state index is -0.259. The normalized spacial score (nSPS) is 13.1. The molecule has 0 bridgehead atoms. The van der Waals surface area contributed by atoms with Crippen LogP contribution >= 0.6 is 0 Å². The van der Waals surface area contributed by atoms with Gasteiger partial charge in [0.05, 0.1) is 0 Å². The molecule has 0 saturated heterocycles. The van der Waals surface area contributed by atoms with Gasteiger partial charge in [0.2, 0.25) is 0 Å². The molecule has 0 saturated carbocycles. The summed E-state index contributed by atoms with van der Waals surface area (Å²) in [6.45, 7) is 9.17. The van der Waals surface area contributed by atoms with E-state index in [2.05, 4.69) is 219 Å². The Labute approximate surface area is 349 Å². The fourth-order valence-corrected chi connectivity index (χ4v) is 10.6. The number of fused-ring (bicyclic) bond motifs is 10. The molecule has 1 heterocycles. The van der Waals surface area contributed by atoms with Crippen molar-refractivity contribution in [3.8, 4) is 11.1 Å². The zero-order chi connectivity index (χ0) is 40.3. The molecule has 0 unspecified atom stereocenters. The number of anilines is 6. The Morgan fingerprint density at radius 1 is 0.400 bits per heavy atom. The molecule has 1 aromatic heterocycles. The van der Waals surface area contributed by atoms with E-state index >= 15 is 0 Å². The van der Waals surface area contributed by atoms with Crippen LogP contribution in [0, 0.1) is 13.8 Å². The summed E-state index contributed by atoms with van der Waals surface area (Å²) >= 11 is 0. The highest BCUT2D eigenvalue weighted by Crippen LogP contribution is 2.58. The molecule has 0 amide bonds. The van der Waals surface area contributed by atoms with E-state index < -0.39 is 0 Å². The molecule has 0 N–H and O–H groups in total. The number of para-hydroxylation sites is 3. The number of hydrogen-bond acceptors (Lipinski definition) is 3. The van der Waals surface area contributed by atoms with Crippen molar-refractivity contribution >= 4 is 88.4 Å². The van der Waals surface area contributed by atoms with Gasteiger partial charge in [0.15, 0.2) is 0 Å². The van der Waals surface area contributed by atoms with Crippen molar-refractivity contribution in [1.82, 2.24) is 0 Å². The van der Waals surface area contributed by atoms with Crippen molar-refractivity contribution in [2.45, 2.75) is 33.1 Å². The first-order valence-corrected chi connectivity index (χ1v) is 20.9. The minimum Gasteiger partial charge on any atom is -0.455 e. The van der Waals surface area contributed by atoms with Crippen LogP contribution in [-0.4, -0.2) is 0 Å². The molecule has 3 heteroatoms. The lowest BCUT2D eigenvalue weighted by atomic mass is 9.77. The van der Waals surface area contributed by atoms with Gasteiger partial charge in [0, 0.05) is 67.2 Å². The van der Waals surface area contributed by atoms with Crippen LogP contribution < -0.4 is 9.80 Å². The highest BCUT2D eigenvalue weighted by molar-refractivity contribution is 6.39. The lowest BCUT2D eigenvalue weighted by Gasteiger charge is -2.28. The largest absolute Gasteiger partial charge is 0.455 e. The van der Waals surface area contributed by atoms with Gasteiger partial charge in [-0.25, -0.2) is 0 Å². The van der Waals surface area contributed by atoms with Gasteiger partial charge in [-0.15, -0.1) is 0 Å². The number of nitrogens with zero attached hydrogens (tertiary/aromatic N) is 2. The van der Waals surface area contributed by atoms with Gasteiger partial charge >= 0.3 is 0 Å². The Morgan fingerprint density at radius 3 is 1.58 bits per heavy atom. The molecule has 0 fully saturated rings. The quantitative estimate of drug-likeness (QED) is 0.157. The van der Waals surface area contributed by atoms with Crippen LogP contribution in [0.4, 0.5) is 34.1 Å². The molecule has 0 spiro atoms. The number of furan rings is 1. The molecular formula is C57H42N2O. The van der Waals surface area contributed by atoms with E-state index in [9.17, 15) is 0 Å². The molecule has 10 aromatic carbocycles. The molecule has 0 radical (unpaired) electrons. The number of hydrogen-bond donors (Lipinski definition) is 0. The van der Waals surface area contributed by atoms with Crippen molar-refractivity contribution in [2.24, 2.45) is 0 Å². The molecule has 286 valence electrons. The third-order valence-corrected chi connectivity index (χ3v) is 13.0. The Hall–Kier alpha value is -7.36. The second-order valence-corrected chi connectivity index (χ2v) is 17.1. The highest BCUT2D eigenvalue weighted by atomic mass is 16.3. The van der Waals surface area contributed by atoms with Crippen LogP contribution in [0.5, 0.6) is 0 Å². The van der Waals surface area contributed by atoms with Crippen LogP contribution in [0.3, 0.4) is 0 Å². The predicted octanol–water partition coefficient (Wildman–Crippen LogP) is 16.3. The van der Waals surface area contributed by atoms with Crippen molar-refractivity contribution in [3.63, 3.8) is 0 Å². The van der Waals surface area contributed by atoms with Crippen molar-refractivity contribution in [1.29, 1.82) is 0 Å². The van der Waals surface area contributed by atoms with Crippen LogP contribution in [0.25, 0.3) is 65.4 Å². The predicted molar refractivity (Wildman–Crippen MR) is 254 cm³/mol. The summed E-state index contributed by atoms with van der Waals surface area (Å²) in [5.74, 6) is 0. The molecule has 1 aliphatic rings. The Morgan fingerprint density at radius 2 is 0.933 bits per heavy atom. The molecule has 60 heavy (non-hydrogen) atoms. The van der Waals surface area contributed by atoms with Crippen LogP contribution in [0.1, 0.15) is 36.1 Å². The fraction of sp³-hybridized carbons (Fsp3) is 0.0877. The standard InChI is InChI=1S/C57H42N2O/c1-35-30-36(2)32-42(31-35)59(39-20-12-7-13-21-39)41-27-29-44-50(34-41)60-56-48-25-15-22-45-52(48)51-46(54(44)56)23-14-24-47(51)55-53(45)43-28-26-40(33-49(43)57(55,3)4)58(37-16-8-5-9-17-37)38-18-10-6-11-19-38/h5-34H,1-4H3. The fourth-order valence-electron chi connectivity index (χ4n) is 10.6. The summed E-state index contributed by atoms with van der Waals surface area (Å²) in [7, 11) is 0. The molecular weight excluding hydrogens is 729 g/mol. The maximum absolute atomic E-state index is 7.10. The van der Waals surface area contributed by atoms with E-state index in [0.29, 0.717) is 0 Å². The van der Waals surface area contributed by atoms with Gasteiger partial charge in [-0.1, -0.05) is 117 Å². The first-order valence-electron chi connectivity index (χ1n) is 20.9. The SMILES string of the molecule is Cc1cc(C)cc(N(c2ccccc2)c2ccc3c(c2)oc2c4cccc5c6c(c7cccc(c32)c7c54)C(C)(C)c2cc(N(c3ccccc3)c3ccccc3)ccc2-6)c1. The summed E-state index contributed by atoms with van der Waals surface area (Å²) in [6.07, 6.45) is 0. The number of aryl methyl sites for hydroxylation is 2. The first kappa shape index (κ1) is 34.7. The molecule has 0 atom stereocenters. The summed E-state index contributed by atoms with van der Waals surface area (Å²) in [6, 6.07) is 66.4.